The van der Waals surface area contributed by atoms with Crippen LogP contribution in [-0.4, -0.2) is 28.8 Å². The van der Waals surface area contributed by atoms with Gasteiger partial charge in [0.1, 0.15) is 0 Å². The van der Waals surface area contributed by atoms with Crippen LogP contribution in [0.1, 0.15) is 12.8 Å². The number of rotatable bonds is 0. The summed E-state index contributed by atoms with van der Waals surface area (Å²) in [5.41, 5.74) is 5.87. The van der Waals surface area contributed by atoms with Gasteiger partial charge in [0.2, 0.25) is 0 Å². The Hall–Kier alpha value is 0.270. The maximum atomic E-state index is 9.74. The summed E-state index contributed by atoms with van der Waals surface area (Å²) in [6, 6.07) is 0.356. The van der Waals surface area contributed by atoms with Gasteiger partial charge in [-0.3, -0.25) is 0 Å². The zero-order chi connectivity index (χ0) is 7.84. The highest BCUT2D eigenvalue weighted by molar-refractivity contribution is 7.99. The molecule has 2 atom stereocenters. The molecule has 0 radical (unpaired) electrons. The van der Waals surface area contributed by atoms with Crippen LogP contribution in [-0.2, 0) is 0 Å². The molecule has 2 aliphatic rings. The van der Waals surface area contributed by atoms with Crippen molar-refractivity contribution in [2.45, 2.75) is 25.0 Å². The van der Waals surface area contributed by atoms with Gasteiger partial charge in [0, 0.05) is 6.04 Å². The fourth-order valence-corrected chi connectivity index (χ4v) is 3.65. The molecule has 0 aromatic rings. The fourth-order valence-electron chi connectivity index (χ4n) is 2.24. The number of thioether (sulfide) groups is 1. The SMILES string of the molecule is NC1CC2CSCC(C1)C2O. The Morgan fingerprint density at radius 1 is 1.18 bits per heavy atom. The molecular weight excluding hydrogens is 158 g/mol. The molecule has 2 bridgehead atoms. The molecule has 2 unspecified atom stereocenters. The van der Waals surface area contributed by atoms with Crippen LogP contribution in [0.25, 0.3) is 0 Å². The van der Waals surface area contributed by atoms with Gasteiger partial charge in [-0.05, 0) is 36.2 Å². The van der Waals surface area contributed by atoms with Crippen molar-refractivity contribution in [1.82, 2.24) is 0 Å². The lowest BCUT2D eigenvalue weighted by Crippen LogP contribution is -2.47. The van der Waals surface area contributed by atoms with Crippen LogP contribution >= 0.6 is 11.8 Å². The van der Waals surface area contributed by atoms with Crippen LogP contribution in [0.5, 0.6) is 0 Å². The number of nitrogens with two attached hydrogens (primary N) is 1. The predicted octanol–water partition coefficient (Wildman–Crippen LogP) is 0.448. The van der Waals surface area contributed by atoms with Crippen LogP contribution in [0.15, 0.2) is 0 Å². The second kappa shape index (κ2) is 2.96. The summed E-state index contributed by atoms with van der Waals surface area (Å²) in [6.07, 6.45) is 2.02. The normalized spacial score (nSPS) is 50.7. The highest BCUT2D eigenvalue weighted by atomic mass is 32.2. The summed E-state index contributed by atoms with van der Waals surface area (Å²) in [7, 11) is 0. The molecular formula is C8H15NOS. The number of aliphatic hydroxyl groups is 1. The topological polar surface area (TPSA) is 46.2 Å². The Bertz CT molecular complexity index is 139. The van der Waals surface area contributed by atoms with E-state index in [1.807, 2.05) is 11.8 Å². The molecule has 2 rings (SSSR count). The number of fused-ring (bicyclic) bond motifs is 2. The molecule has 64 valence electrons. The summed E-state index contributed by atoms with van der Waals surface area (Å²) < 4.78 is 0. The quantitative estimate of drug-likeness (QED) is 0.559. The van der Waals surface area contributed by atoms with Crippen molar-refractivity contribution in [3.63, 3.8) is 0 Å². The fraction of sp³-hybridized carbons (Fsp3) is 1.00. The Morgan fingerprint density at radius 3 is 2.27 bits per heavy atom. The van der Waals surface area contributed by atoms with Gasteiger partial charge < -0.3 is 10.8 Å². The van der Waals surface area contributed by atoms with Crippen LogP contribution in [0, 0.1) is 11.8 Å². The Labute approximate surface area is 71.5 Å². The molecule has 1 aliphatic carbocycles. The first-order valence-electron chi connectivity index (χ1n) is 4.29. The minimum Gasteiger partial charge on any atom is -0.392 e. The van der Waals surface area contributed by atoms with E-state index >= 15 is 0 Å². The molecule has 0 spiro atoms. The van der Waals surface area contributed by atoms with Crippen molar-refractivity contribution in [1.29, 1.82) is 0 Å². The molecule has 2 nitrogen and oxygen atoms in total. The van der Waals surface area contributed by atoms with Gasteiger partial charge in [-0.25, -0.2) is 0 Å². The average Bonchev–Trinajstić information content (AvgIpc) is 1.92. The first-order valence-corrected chi connectivity index (χ1v) is 5.44. The predicted molar refractivity (Wildman–Crippen MR) is 47.5 cm³/mol. The molecule has 3 heteroatoms. The Balaban J connectivity index is 2.07. The monoisotopic (exact) mass is 173 g/mol. The third-order valence-electron chi connectivity index (χ3n) is 2.84. The van der Waals surface area contributed by atoms with Crippen molar-refractivity contribution in [3.05, 3.63) is 0 Å². The Kier molecular flexibility index (Phi) is 2.12. The second-order valence-electron chi connectivity index (χ2n) is 3.78. The lowest BCUT2D eigenvalue weighted by molar-refractivity contribution is 0.0257. The van der Waals surface area contributed by atoms with Crippen molar-refractivity contribution >= 4 is 11.8 Å². The van der Waals surface area contributed by atoms with Crippen molar-refractivity contribution in [3.8, 4) is 0 Å². The standard InChI is InChI=1S/C8H15NOS/c9-7-1-5-3-11-4-6(2-7)8(5)10/h5-8,10H,1-4,9H2. The zero-order valence-electron chi connectivity index (χ0n) is 6.57. The minimum absolute atomic E-state index is 0.0453. The van der Waals surface area contributed by atoms with Crippen molar-refractivity contribution < 1.29 is 5.11 Å². The van der Waals surface area contributed by atoms with Crippen molar-refractivity contribution in [2.75, 3.05) is 11.5 Å². The molecule has 3 N–H and O–H groups in total. The van der Waals surface area contributed by atoms with Gasteiger partial charge in [-0.1, -0.05) is 0 Å². The summed E-state index contributed by atoms with van der Waals surface area (Å²) in [4.78, 5) is 0. The van der Waals surface area contributed by atoms with E-state index in [0.717, 1.165) is 24.3 Å². The minimum atomic E-state index is -0.0453. The second-order valence-corrected chi connectivity index (χ2v) is 4.85. The molecule has 0 aromatic heterocycles. The summed E-state index contributed by atoms with van der Waals surface area (Å²) >= 11 is 1.98. The number of hydrogen-bond donors (Lipinski definition) is 2. The van der Waals surface area contributed by atoms with Crippen LogP contribution in [0.2, 0.25) is 0 Å². The van der Waals surface area contributed by atoms with Crippen LogP contribution in [0.3, 0.4) is 0 Å². The number of aliphatic hydroxyl groups excluding tert-OH is 1. The van der Waals surface area contributed by atoms with Gasteiger partial charge >= 0.3 is 0 Å². The zero-order valence-corrected chi connectivity index (χ0v) is 7.39. The van der Waals surface area contributed by atoms with E-state index in [-0.39, 0.29) is 6.10 Å². The third kappa shape index (κ3) is 1.42. The molecule has 1 aliphatic heterocycles. The third-order valence-corrected chi connectivity index (χ3v) is 4.17. The Morgan fingerprint density at radius 2 is 1.73 bits per heavy atom. The van der Waals surface area contributed by atoms with Gasteiger partial charge in [-0.15, -0.1) is 0 Å². The van der Waals surface area contributed by atoms with Crippen molar-refractivity contribution in [2.24, 2.45) is 17.6 Å². The molecule has 11 heavy (non-hydrogen) atoms. The molecule has 1 saturated carbocycles. The molecule has 2 fully saturated rings. The highest BCUT2D eigenvalue weighted by Gasteiger charge is 2.38. The van der Waals surface area contributed by atoms with Crippen LogP contribution < -0.4 is 5.73 Å². The molecule has 1 heterocycles. The maximum Gasteiger partial charge on any atom is 0.0613 e. The van der Waals surface area contributed by atoms with E-state index in [0.29, 0.717) is 17.9 Å². The summed E-state index contributed by atoms with van der Waals surface area (Å²) in [5.74, 6) is 3.21. The lowest BCUT2D eigenvalue weighted by Gasteiger charge is -2.41. The first kappa shape index (κ1) is 7.90. The van der Waals surface area contributed by atoms with Gasteiger partial charge in [-0.2, -0.15) is 11.8 Å². The van der Waals surface area contributed by atoms with E-state index in [1.54, 1.807) is 0 Å². The molecule has 1 saturated heterocycles. The molecule has 0 aromatic carbocycles. The lowest BCUT2D eigenvalue weighted by atomic mass is 9.78. The van der Waals surface area contributed by atoms with E-state index < -0.39 is 0 Å². The van der Waals surface area contributed by atoms with E-state index in [9.17, 15) is 5.11 Å². The van der Waals surface area contributed by atoms with Gasteiger partial charge in [0.15, 0.2) is 0 Å². The smallest absolute Gasteiger partial charge is 0.0613 e. The van der Waals surface area contributed by atoms with E-state index in [4.69, 9.17) is 5.73 Å². The van der Waals surface area contributed by atoms with E-state index in [1.165, 1.54) is 0 Å². The van der Waals surface area contributed by atoms with Gasteiger partial charge in [0.05, 0.1) is 6.10 Å². The summed E-state index contributed by atoms with van der Waals surface area (Å²) in [5, 5.41) is 9.74. The number of hydrogen-bond acceptors (Lipinski definition) is 3. The van der Waals surface area contributed by atoms with Crippen LogP contribution in [0.4, 0.5) is 0 Å². The molecule has 0 amide bonds. The largest absolute Gasteiger partial charge is 0.392 e. The van der Waals surface area contributed by atoms with E-state index in [2.05, 4.69) is 0 Å². The summed E-state index contributed by atoms with van der Waals surface area (Å²) in [6.45, 7) is 0. The maximum absolute atomic E-state index is 9.74. The average molecular weight is 173 g/mol. The van der Waals surface area contributed by atoms with Gasteiger partial charge in [0.25, 0.3) is 0 Å². The first-order chi connectivity index (χ1) is 5.27. The highest BCUT2D eigenvalue weighted by Crippen LogP contribution is 2.37.